The van der Waals surface area contributed by atoms with E-state index in [1.165, 1.54) is 11.1 Å². The summed E-state index contributed by atoms with van der Waals surface area (Å²) in [7, 11) is 0. The first-order valence-corrected chi connectivity index (χ1v) is 6.61. The standard InChI is InChI=1S/C15H24N2O/c1-11-8-17(10-15(3,4)18-11)9-13-6-5-7-14(16)12(13)2/h5-7,11H,8-10,16H2,1-4H3. The maximum atomic E-state index is 5.96. The normalized spacial score (nSPS) is 24.1. The van der Waals surface area contributed by atoms with E-state index in [0.717, 1.165) is 25.3 Å². The maximum absolute atomic E-state index is 5.96. The highest BCUT2D eigenvalue weighted by molar-refractivity contribution is 5.49. The second-order valence-electron chi connectivity index (χ2n) is 5.99. The van der Waals surface area contributed by atoms with E-state index in [2.05, 4.69) is 38.7 Å². The van der Waals surface area contributed by atoms with Gasteiger partial charge >= 0.3 is 0 Å². The van der Waals surface area contributed by atoms with Crippen molar-refractivity contribution in [1.29, 1.82) is 0 Å². The number of nitrogen functional groups attached to an aromatic ring is 1. The summed E-state index contributed by atoms with van der Waals surface area (Å²) >= 11 is 0. The molecule has 1 aliphatic rings. The van der Waals surface area contributed by atoms with E-state index in [4.69, 9.17) is 10.5 Å². The van der Waals surface area contributed by atoms with Gasteiger partial charge in [-0.15, -0.1) is 0 Å². The number of nitrogens with zero attached hydrogens (tertiary/aromatic N) is 1. The van der Waals surface area contributed by atoms with Gasteiger partial charge < -0.3 is 10.5 Å². The van der Waals surface area contributed by atoms with Gasteiger partial charge in [0.2, 0.25) is 0 Å². The zero-order chi connectivity index (χ0) is 13.3. The van der Waals surface area contributed by atoms with Crippen molar-refractivity contribution in [2.24, 2.45) is 0 Å². The Kier molecular flexibility index (Phi) is 3.64. The van der Waals surface area contributed by atoms with Crippen LogP contribution in [0.25, 0.3) is 0 Å². The van der Waals surface area contributed by atoms with Crippen LogP contribution in [0.15, 0.2) is 18.2 Å². The van der Waals surface area contributed by atoms with Gasteiger partial charge in [0.25, 0.3) is 0 Å². The van der Waals surface area contributed by atoms with Gasteiger partial charge in [-0.05, 0) is 44.9 Å². The number of morpholine rings is 1. The van der Waals surface area contributed by atoms with Crippen molar-refractivity contribution in [2.45, 2.75) is 45.9 Å². The molecule has 0 spiro atoms. The minimum absolute atomic E-state index is 0.0636. The Morgan fingerprint density at radius 3 is 2.83 bits per heavy atom. The highest BCUT2D eigenvalue weighted by Gasteiger charge is 2.31. The van der Waals surface area contributed by atoms with Gasteiger partial charge in [-0.1, -0.05) is 12.1 Å². The van der Waals surface area contributed by atoms with Gasteiger partial charge in [0, 0.05) is 25.3 Å². The summed E-state index contributed by atoms with van der Waals surface area (Å²) in [5, 5.41) is 0. The molecule has 2 N–H and O–H groups in total. The average molecular weight is 248 g/mol. The molecule has 0 aromatic heterocycles. The number of ether oxygens (including phenoxy) is 1. The molecule has 0 saturated carbocycles. The molecule has 100 valence electrons. The minimum atomic E-state index is -0.0636. The van der Waals surface area contributed by atoms with E-state index in [1.54, 1.807) is 0 Å². The van der Waals surface area contributed by atoms with Crippen LogP contribution in [0.5, 0.6) is 0 Å². The Bertz CT molecular complexity index is 429. The van der Waals surface area contributed by atoms with Crippen LogP contribution >= 0.6 is 0 Å². The number of nitrogens with two attached hydrogens (primary N) is 1. The van der Waals surface area contributed by atoms with Gasteiger partial charge in [0.05, 0.1) is 11.7 Å². The molecule has 1 heterocycles. The first kappa shape index (κ1) is 13.4. The molecule has 0 bridgehead atoms. The molecule has 0 radical (unpaired) electrons. The molecule has 1 saturated heterocycles. The summed E-state index contributed by atoms with van der Waals surface area (Å²) in [4.78, 5) is 2.45. The number of benzene rings is 1. The number of rotatable bonds is 2. The monoisotopic (exact) mass is 248 g/mol. The van der Waals surface area contributed by atoms with Crippen molar-refractivity contribution in [1.82, 2.24) is 4.90 Å². The van der Waals surface area contributed by atoms with Crippen LogP contribution in [-0.4, -0.2) is 29.7 Å². The Morgan fingerprint density at radius 2 is 2.17 bits per heavy atom. The van der Waals surface area contributed by atoms with Crippen LogP contribution in [0.3, 0.4) is 0 Å². The lowest BCUT2D eigenvalue weighted by Crippen LogP contribution is -2.51. The van der Waals surface area contributed by atoms with Crippen molar-refractivity contribution < 1.29 is 4.74 Å². The second-order valence-corrected chi connectivity index (χ2v) is 5.99. The summed E-state index contributed by atoms with van der Waals surface area (Å²) in [5.41, 5.74) is 9.30. The molecule has 18 heavy (non-hydrogen) atoms. The van der Waals surface area contributed by atoms with E-state index in [9.17, 15) is 0 Å². The van der Waals surface area contributed by atoms with Crippen molar-refractivity contribution in [2.75, 3.05) is 18.8 Å². The molecule has 1 atom stereocenters. The van der Waals surface area contributed by atoms with Gasteiger partial charge in [-0.25, -0.2) is 0 Å². The first-order valence-electron chi connectivity index (χ1n) is 6.61. The van der Waals surface area contributed by atoms with Gasteiger partial charge in [0.15, 0.2) is 0 Å². The van der Waals surface area contributed by atoms with Crippen LogP contribution in [0.4, 0.5) is 5.69 Å². The van der Waals surface area contributed by atoms with E-state index in [1.807, 2.05) is 12.1 Å². The fraction of sp³-hybridized carbons (Fsp3) is 0.600. The van der Waals surface area contributed by atoms with Gasteiger partial charge in [-0.3, -0.25) is 4.90 Å². The summed E-state index contributed by atoms with van der Waals surface area (Å²) in [6.07, 6.45) is 0.287. The lowest BCUT2D eigenvalue weighted by Gasteiger charge is -2.42. The number of hydrogen-bond donors (Lipinski definition) is 1. The molecule has 1 aromatic rings. The third-order valence-electron chi connectivity index (χ3n) is 3.52. The predicted molar refractivity (Wildman–Crippen MR) is 75.5 cm³/mol. The predicted octanol–water partition coefficient (Wildman–Crippen LogP) is 2.58. The van der Waals surface area contributed by atoms with Gasteiger partial charge in [0.1, 0.15) is 0 Å². The van der Waals surface area contributed by atoms with E-state index >= 15 is 0 Å². The van der Waals surface area contributed by atoms with Crippen molar-refractivity contribution in [3.63, 3.8) is 0 Å². The highest BCUT2D eigenvalue weighted by Crippen LogP contribution is 2.24. The van der Waals surface area contributed by atoms with E-state index in [-0.39, 0.29) is 11.7 Å². The SMILES string of the molecule is Cc1c(N)cccc1CN1CC(C)OC(C)(C)C1. The summed E-state index contributed by atoms with van der Waals surface area (Å²) < 4.78 is 5.93. The van der Waals surface area contributed by atoms with Crippen LogP contribution in [0, 0.1) is 6.92 Å². The van der Waals surface area contributed by atoms with Crippen LogP contribution < -0.4 is 5.73 Å². The molecule has 1 unspecified atom stereocenters. The smallest absolute Gasteiger partial charge is 0.0757 e. The van der Waals surface area contributed by atoms with E-state index in [0.29, 0.717) is 0 Å². The lowest BCUT2D eigenvalue weighted by molar-refractivity contribution is -0.130. The Morgan fingerprint density at radius 1 is 1.44 bits per heavy atom. The number of anilines is 1. The Hall–Kier alpha value is -1.06. The quantitative estimate of drug-likeness (QED) is 0.818. The molecule has 1 aromatic carbocycles. The lowest BCUT2D eigenvalue weighted by atomic mass is 10.0. The molecule has 0 amide bonds. The zero-order valence-electron chi connectivity index (χ0n) is 11.9. The zero-order valence-corrected chi connectivity index (χ0v) is 11.9. The van der Waals surface area contributed by atoms with Crippen molar-refractivity contribution in [3.05, 3.63) is 29.3 Å². The average Bonchev–Trinajstić information content (AvgIpc) is 2.22. The molecule has 1 fully saturated rings. The fourth-order valence-corrected chi connectivity index (χ4v) is 2.82. The van der Waals surface area contributed by atoms with Gasteiger partial charge in [-0.2, -0.15) is 0 Å². The van der Waals surface area contributed by atoms with Crippen molar-refractivity contribution in [3.8, 4) is 0 Å². The van der Waals surface area contributed by atoms with Crippen LogP contribution in [-0.2, 0) is 11.3 Å². The van der Waals surface area contributed by atoms with E-state index < -0.39 is 0 Å². The summed E-state index contributed by atoms with van der Waals surface area (Å²) in [6, 6.07) is 6.16. The molecule has 3 heteroatoms. The number of hydrogen-bond acceptors (Lipinski definition) is 3. The molecule has 2 rings (SSSR count). The molecule has 0 aliphatic carbocycles. The highest BCUT2D eigenvalue weighted by atomic mass is 16.5. The summed E-state index contributed by atoms with van der Waals surface area (Å²) in [6.45, 7) is 11.4. The van der Waals surface area contributed by atoms with Crippen molar-refractivity contribution >= 4 is 5.69 Å². The summed E-state index contributed by atoms with van der Waals surface area (Å²) in [5.74, 6) is 0. The fourth-order valence-electron chi connectivity index (χ4n) is 2.82. The second kappa shape index (κ2) is 4.90. The van der Waals surface area contributed by atoms with Crippen LogP contribution in [0.1, 0.15) is 31.9 Å². The first-order chi connectivity index (χ1) is 8.37. The molecule has 1 aliphatic heterocycles. The van der Waals surface area contributed by atoms with Crippen LogP contribution in [0.2, 0.25) is 0 Å². The molecular formula is C15H24N2O. The third kappa shape index (κ3) is 3.03. The minimum Gasteiger partial charge on any atom is -0.399 e. The Balaban J connectivity index is 2.11. The Labute approximate surface area is 110 Å². The topological polar surface area (TPSA) is 38.5 Å². The largest absolute Gasteiger partial charge is 0.399 e. The molecular weight excluding hydrogens is 224 g/mol. The molecule has 3 nitrogen and oxygen atoms in total. The third-order valence-corrected chi connectivity index (χ3v) is 3.52. The maximum Gasteiger partial charge on any atom is 0.0757 e.